The molecule has 0 radical (unpaired) electrons. The fourth-order valence-corrected chi connectivity index (χ4v) is 10.9. The molecule has 0 saturated heterocycles. The maximum absolute atomic E-state index is 7.10. The SMILES string of the molecule is CC(C)c1ccc(N(c2ccc(C(C)C)cc2)c2ccc3c(c2)oc2cc4c(cc23)C(C)(C)c2cc(C(C)(C)C)cc3c2B4c2cc(C(C)(C)C)ccc2N3c2ccc(C(C)(C)C)cc2)cc1. The zero-order valence-corrected chi connectivity index (χ0v) is 42.7. The first kappa shape index (κ1) is 44.8. The van der Waals surface area contributed by atoms with Crippen molar-refractivity contribution in [3.63, 3.8) is 0 Å². The second kappa shape index (κ2) is 15.5. The van der Waals surface area contributed by atoms with Gasteiger partial charge in [-0.2, -0.15) is 0 Å². The van der Waals surface area contributed by atoms with Crippen LogP contribution in [0.15, 0.2) is 138 Å². The molecule has 3 nitrogen and oxygen atoms in total. The van der Waals surface area contributed by atoms with Crippen LogP contribution in [0.3, 0.4) is 0 Å². The molecule has 0 spiro atoms. The molecule has 3 heterocycles. The summed E-state index contributed by atoms with van der Waals surface area (Å²) in [7, 11) is 0. The molecule has 0 N–H and O–H groups in total. The number of fused-ring (bicyclic) bond motifs is 7. The lowest BCUT2D eigenvalue weighted by Gasteiger charge is -2.46. The van der Waals surface area contributed by atoms with Crippen LogP contribution in [-0.2, 0) is 21.7 Å². The third-order valence-electron chi connectivity index (χ3n) is 15.2. The van der Waals surface area contributed by atoms with Crippen LogP contribution in [0.1, 0.15) is 155 Å². The van der Waals surface area contributed by atoms with Gasteiger partial charge in [-0.1, -0.05) is 164 Å². The van der Waals surface area contributed by atoms with Gasteiger partial charge in [-0.3, -0.25) is 0 Å². The number of anilines is 6. The molecule has 0 unspecified atom stereocenters. The van der Waals surface area contributed by atoms with E-state index < -0.39 is 0 Å². The van der Waals surface area contributed by atoms with E-state index in [1.165, 1.54) is 72.4 Å². The van der Waals surface area contributed by atoms with Crippen LogP contribution in [0.4, 0.5) is 34.1 Å². The average molecular weight is 881 g/mol. The van der Waals surface area contributed by atoms with Gasteiger partial charge in [0.2, 0.25) is 6.71 Å². The quantitative estimate of drug-likeness (QED) is 0.155. The van der Waals surface area contributed by atoms with Gasteiger partial charge in [-0.15, -0.1) is 0 Å². The van der Waals surface area contributed by atoms with Gasteiger partial charge < -0.3 is 14.2 Å². The highest BCUT2D eigenvalue weighted by Gasteiger charge is 2.47. The van der Waals surface area contributed by atoms with Crippen LogP contribution in [0.5, 0.6) is 0 Å². The van der Waals surface area contributed by atoms with Gasteiger partial charge in [0, 0.05) is 56.4 Å². The predicted molar refractivity (Wildman–Crippen MR) is 291 cm³/mol. The second-order valence-electron chi connectivity index (χ2n) is 24.0. The van der Waals surface area contributed by atoms with E-state index in [4.69, 9.17) is 4.42 Å². The third kappa shape index (κ3) is 7.51. The molecule has 67 heavy (non-hydrogen) atoms. The highest BCUT2D eigenvalue weighted by molar-refractivity contribution is 6.99. The van der Waals surface area contributed by atoms with Crippen molar-refractivity contribution in [3.8, 4) is 0 Å². The molecule has 2 aliphatic rings. The number of benzene rings is 7. The molecule has 0 aliphatic carbocycles. The molecular weight excluding hydrogens is 812 g/mol. The fraction of sp³-hybridized carbons (Fsp3) is 0.333. The topological polar surface area (TPSA) is 19.6 Å². The molecule has 1 aromatic heterocycles. The Kier molecular flexibility index (Phi) is 10.4. The van der Waals surface area contributed by atoms with Gasteiger partial charge in [-0.25, -0.2) is 0 Å². The van der Waals surface area contributed by atoms with E-state index >= 15 is 0 Å². The van der Waals surface area contributed by atoms with E-state index in [9.17, 15) is 0 Å². The van der Waals surface area contributed by atoms with Gasteiger partial charge in [0.1, 0.15) is 11.2 Å². The van der Waals surface area contributed by atoms with E-state index in [0.717, 1.165) is 39.0 Å². The molecule has 0 atom stereocenters. The lowest BCUT2D eigenvalue weighted by Crippen LogP contribution is -2.64. The highest BCUT2D eigenvalue weighted by atomic mass is 16.3. The zero-order valence-electron chi connectivity index (χ0n) is 42.7. The number of hydrogen-bond acceptors (Lipinski definition) is 3. The van der Waals surface area contributed by atoms with Crippen molar-refractivity contribution in [1.82, 2.24) is 0 Å². The van der Waals surface area contributed by atoms with Crippen LogP contribution in [0.2, 0.25) is 0 Å². The molecule has 4 heteroatoms. The minimum Gasteiger partial charge on any atom is -0.456 e. The molecule has 8 aromatic rings. The Morgan fingerprint density at radius 1 is 0.478 bits per heavy atom. The largest absolute Gasteiger partial charge is 0.456 e. The Balaban J connectivity index is 1.20. The summed E-state index contributed by atoms with van der Waals surface area (Å²) in [6.07, 6.45) is 0. The number of nitrogens with zero attached hydrogens (tertiary/aromatic N) is 2. The third-order valence-corrected chi connectivity index (χ3v) is 15.2. The summed E-state index contributed by atoms with van der Waals surface area (Å²) >= 11 is 0. The highest BCUT2D eigenvalue weighted by Crippen LogP contribution is 2.47. The van der Waals surface area contributed by atoms with E-state index in [-0.39, 0.29) is 28.4 Å². The number of hydrogen-bond donors (Lipinski definition) is 0. The average Bonchev–Trinajstić information content (AvgIpc) is 3.63. The second-order valence-corrected chi connectivity index (χ2v) is 24.0. The molecule has 0 bridgehead atoms. The minimum absolute atomic E-state index is 0.0224. The van der Waals surface area contributed by atoms with E-state index in [1.807, 2.05) is 0 Å². The normalized spacial score (nSPS) is 14.5. The van der Waals surface area contributed by atoms with Crippen LogP contribution in [0.25, 0.3) is 21.9 Å². The van der Waals surface area contributed by atoms with Crippen molar-refractivity contribution < 1.29 is 4.42 Å². The molecule has 7 aromatic carbocycles. The Morgan fingerprint density at radius 2 is 1.01 bits per heavy atom. The minimum atomic E-state index is -0.295. The summed E-state index contributed by atoms with van der Waals surface area (Å²) in [6.45, 7) is 34.9. The van der Waals surface area contributed by atoms with E-state index in [1.54, 1.807) is 0 Å². The number of rotatable bonds is 6. The van der Waals surface area contributed by atoms with Gasteiger partial charge >= 0.3 is 0 Å². The van der Waals surface area contributed by atoms with Gasteiger partial charge in [0.15, 0.2) is 0 Å². The van der Waals surface area contributed by atoms with Crippen molar-refractivity contribution in [2.45, 2.75) is 137 Å². The Labute approximate surface area is 401 Å². The van der Waals surface area contributed by atoms with Crippen LogP contribution >= 0.6 is 0 Å². The molecule has 10 rings (SSSR count). The van der Waals surface area contributed by atoms with Crippen molar-refractivity contribution in [2.75, 3.05) is 9.80 Å². The summed E-state index contributed by atoms with van der Waals surface area (Å²) in [5.41, 5.74) is 22.1. The lowest BCUT2D eigenvalue weighted by atomic mass is 9.30. The summed E-state index contributed by atoms with van der Waals surface area (Å²) in [5.74, 6) is 0.922. The summed E-state index contributed by atoms with van der Waals surface area (Å²) < 4.78 is 7.10. The number of furan rings is 1. The van der Waals surface area contributed by atoms with Gasteiger partial charge in [-0.05, 0) is 151 Å². The summed E-state index contributed by atoms with van der Waals surface area (Å²) in [4.78, 5) is 4.94. The first-order chi connectivity index (χ1) is 31.5. The van der Waals surface area contributed by atoms with Gasteiger partial charge in [0.25, 0.3) is 0 Å². The maximum Gasteiger partial charge on any atom is 0.247 e. The van der Waals surface area contributed by atoms with Crippen molar-refractivity contribution in [2.24, 2.45) is 0 Å². The smallest absolute Gasteiger partial charge is 0.247 e. The molecular formula is C63H69BN2O. The summed E-state index contributed by atoms with van der Waals surface area (Å²) in [6, 6.07) is 51.5. The first-order valence-corrected chi connectivity index (χ1v) is 24.8. The molecule has 340 valence electrons. The van der Waals surface area contributed by atoms with Crippen molar-refractivity contribution in [3.05, 3.63) is 172 Å². The lowest BCUT2D eigenvalue weighted by molar-refractivity contribution is 0.583. The fourth-order valence-electron chi connectivity index (χ4n) is 10.9. The van der Waals surface area contributed by atoms with Crippen LogP contribution in [-0.4, -0.2) is 6.71 Å². The Hall–Kier alpha value is -6.00. The molecule has 0 fully saturated rings. The molecule has 0 amide bonds. The van der Waals surface area contributed by atoms with E-state index in [2.05, 4.69) is 247 Å². The van der Waals surface area contributed by atoms with Crippen LogP contribution in [0, 0.1) is 0 Å². The molecule has 2 aliphatic heterocycles. The maximum atomic E-state index is 7.10. The standard InChI is InChI=1S/C63H69BN2O/c1-38(2)40-16-23-45(24-17-40)65(46-25-18-41(19-26-46)39(3)4)48-29-30-49-50-36-51-53(37-58(50)67-57(49)35-48)64-54-33-43(61(8,9)10)22-31-55(54)66(47-27-20-42(21-28-47)60(5,6)7)56-34-44(62(11,12)13)32-52(59(56)64)63(51,14)15/h16-39H,1-15H3. The van der Waals surface area contributed by atoms with Crippen molar-refractivity contribution in [1.29, 1.82) is 0 Å². The zero-order chi connectivity index (χ0) is 47.7. The predicted octanol–water partition coefficient (Wildman–Crippen LogP) is 16.1. The van der Waals surface area contributed by atoms with Crippen LogP contribution < -0.4 is 26.2 Å². The van der Waals surface area contributed by atoms with Gasteiger partial charge in [0.05, 0.1) is 0 Å². The Bertz CT molecular complexity index is 3150. The molecule has 0 saturated carbocycles. The summed E-state index contributed by atoms with van der Waals surface area (Å²) in [5, 5.41) is 2.31. The van der Waals surface area contributed by atoms with E-state index in [0.29, 0.717) is 11.8 Å². The monoisotopic (exact) mass is 881 g/mol. The van der Waals surface area contributed by atoms with Crippen molar-refractivity contribution >= 4 is 79.2 Å². The first-order valence-electron chi connectivity index (χ1n) is 24.8. The Morgan fingerprint density at radius 3 is 1.57 bits per heavy atom.